The summed E-state index contributed by atoms with van der Waals surface area (Å²) < 4.78 is 16.2. The molecule has 1 saturated carbocycles. The summed E-state index contributed by atoms with van der Waals surface area (Å²) in [5.41, 5.74) is 4.58. The van der Waals surface area contributed by atoms with Crippen molar-refractivity contribution in [3.05, 3.63) is 104 Å². The maximum absolute atomic E-state index is 14.7. The first kappa shape index (κ1) is 25.0. The van der Waals surface area contributed by atoms with Crippen LogP contribution in [0.3, 0.4) is 0 Å². The molecule has 0 aliphatic heterocycles. The molecule has 2 bridgehead atoms. The molecular formula is C30H30FN3O2S. The smallest absolute Gasteiger partial charge is 0.274 e. The third-order valence-electron chi connectivity index (χ3n) is 7.29. The standard InChI is InChI=1S/C30H30FN3O2S/c1-5-17(2)6-7-18(3)32-26-14-22(16-34(4)30(26)36)19-10-11-24(31)25(13-19)33-29(35)27-15-23-20-8-9-21(12-20)28(23)37-27/h5-7,10-11,13-16,20-21,32H,3,8-9,12H2,1-2,4H3,(H,33,35)/b7-6-,17-5-/t20-,21?/m1/s1. The van der Waals surface area contributed by atoms with Crippen LogP contribution in [-0.4, -0.2) is 10.5 Å². The Balaban J connectivity index is 1.39. The fraction of sp³-hybridized carbons (Fsp3) is 0.267. The number of anilines is 2. The van der Waals surface area contributed by atoms with E-state index in [-0.39, 0.29) is 17.2 Å². The SMILES string of the molecule is C=C(/C=C\C(C)=C/C)Nc1cc(-c2ccc(F)c(NC(=O)c3cc4c(s3)C3CC[C@@H]4C3)c2)cn(C)c1=O. The largest absolute Gasteiger partial charge is 0.351 e. The van der Waals surface area contributed by atoms with Gasteiger partial charge in [-0.2, -0.15) is 0 Å². The summed E-state index contributed by atoms with van der Waals surface area (Å²) in [5.74, 6) is 0.349. The Hall–Kier alpha value is -3.71. The second-order valence-electron chi connectivity index (χ2n) is 9.86. The number of carbonyl (C=O) groups excluding carboxylic acids is 1. The van der Waals surface area contributed by atoms with Gasteiger partial charge in [0.15, 0.2) is 0 Å². The molecule has 2 N–H and O–H groups in total. The van der Waals surface area contributed by atoms with Crippen LogP contribution in [0.5, 0.6) is 0 Å². The summed E-state index contributed by atoms with van der Waals surface area (Å²) in [6.07, 6.45) is 11.0. The summed E-state index contributed by atoms with van der Waals surface area (Å²) >= 11 is 1.54. The lowest BCUT2D eigenvalue weighted by molar-refractivity contribution is 0.103. The van der Waals surface area contributed by atoms with Crippen LogP contribution < -0.4 is 16.2 Å². The van der Waals surface area contributed by atoms with E-state index in [9.17, 15) is 14.0 Å². The minimum absolute atomic E-state index is 0.108. The quantitative estimate of drug-likeness (QED) is 0.324. The summed E-state index contributed by atoms with van der Waals surface area (Å²) in [6, 6.07) is 8.27. The number of fused-ring (bicyclic) bond motifs is 5. The number of hydrogen-bond acceptors (Lipinski definition) is 4. The third-order valence-corrected chi connectivity index (χ3v) is 8.60. The Bertz CT molecular complexity index is 1500. The number of pyridine rings is 1. The van der Waals surface area contributed by atoms with Crippen molar-refractivity contribution in [1.29, 1.82) is 0 Å². The Morgan fingerprint density at radius 1 is 1.11 bits per heavy atom. The fourth-order valence-corrected chi connectivity index (χ4v) is 6.45. The van der Waals surface area contributed by atoms with Crippen molar-refractivity contribution in [3.63, 3.8) is 0 Å². The zero-order chi connectivity index (χ0) is 26.3. The molecular weight excluding hydrogens is 485 g/mol. The molecule has 2 aliphatic carbocycles. The maximum atomic E-state index is 14.7. The number of nitrogens with zero attached hydrogens (tertiary/aromatic N) is 1. The zero-order valence-electron chi connectivity index (χ0n) is 21.2. The number of amides is 1. The number of hydrogen-bond donors (Lipinski definition) is 2. The van der Waals surface area contributed by atoms with Crippen LogP contribution in [0.15, 0.2) is 77.4 Å². The van der Waals surface area contributed by atoms with Crippen LogP contribution in [0.4, 0.5) is 15.8 Å². The first-order valence-corrected chi connectivity index (χ1v) is 13.3. The molecule has 0 radical (unpaired) electrons. The molecule has 0 saturated heterocycles. The lowest BCUT2D eigenvalue weighted by atomic mass is 9.99. The fourth-order valence-electron chi connectivity index (χ4n) is 5.16. The minimum atomic E-state index is -0.512. The van der Waals surface area contributed by atoms with Crippen molar-refractivity contribution >= 4 is 28.6 Å². The van der Waals surface area contributed by atoms with Crippen LogP contribution in [0.2, 0.25) is 0 Å². The van der Waals surface area contributed by atoms with Crippen LogP contribution in [0.1, 0.15) is 65.1 Å². The van der Waals surface area contributed by atoms with Gasteiger partial charge in [0, 0.05) is 29.4 Å². The third kappa shape index (κ3) is 4.96. The van der Waals surface area contributed by atoms with Crippen molar-refractivity contribution in [3.8, 4) is 11.1 Å². The van der Waals surface area contributed by atoms with Crippen molar-refractivity contribution in [2.75, 3.05) is 10.6 Å². The van der Waals surface area contributed by atoms with E-state index in [2.05, 4.69) is 17.2 Å². The molecule has 3 aromatic rings. The number of benzene rings is 1. The number of halogens is 1. The topological polar surface area (TPSA) is 63.1 Å². The highest BCUT2D eigenvalue weighted by Gasteiger charge is 2.39. The lowest BCUT2D eigenvalue weighted by Gasteiger charge is -2.12. The van der Waals surface area contributed by atoms with Crippen molar-refractivity contribution in [1.82, 2.24) is 4.57 Å². The van der Waals surface area contributed by atoms with E-state index in [4.69, 9.17) is 0 Å². The number of nitrogens with one attached hydrogen (secondary N) is 2. The molecule has 2 aromatic heterocycles. The van der Waals surface area contributed by atoms with E-state index in [1.54, 1.807) is 37.5 Å². The van der Waals surface area contributed by atoms with Crippen LogP contribution in [-0.2, 0) is 7.05 Å². The summed E-state index contributed by atoms with van der Waals surface area (Å²) in [4.78, 5) is 27.7. The first-order chi connectivity index (χ1) is 17.7. The van der Waals surface area contributed by atoms with Gasteiger partial charge in [0.25, 0.3) is 11.5 Å². The Kier molecular flexibility index (Phi) is 6.73. The molecule has 5 rings (SSSR count). The van der Waals surface area contributed by atoms with E-state index in [0.29, 0.717) is 39.2 Å². The van der Waals surface area contributed by atoms with E-state index >= 15 is 0 Å². The molecule has 1 unspecified atom stereocenters. The first-order valence-electron chi connectivity index (χ1n) is 12.5. The van der Waals surface area contributed by atoms with Gasteiger partial charge in [-0.15, -0.1) is 11.3 Å². The molecule has 7 heteroatoms. The maximum Gasteiger partial charge on any atom is 0.274 e. The van der Waals surface area contributed by atoms with Gasteiger partial charge < -0.3 is 15.2 Å². The average molecular weight is 516 g/mol. The van der Waals surface area contributed by atoms with E-state index < -0.39 is 5.82 Å². The van der Waals surface area contributed by atoms with Crippen molar-refractivity contribution in [2.45, 2.75) is 44.9 Å². The number of rotatable bonds is 7. The zero-order valence-corrected chi connectivity index (χ0v) is 22.0. The van der Waals surface area contributed by atoms with Gasteiger partial charge in [-0.3, -0.25) is 9.59 Å². The Labute approximate surface area is 220 Å². The molecule has 190 valence electrons. The van der Waals surface area contributed by atoms with Crippen LogP contribution in [0, 0.1) is 5.82 Å². The summed E-state index contributed by atoms with van der Waals surface area (Å²) in [5, 5.41) is 5.83. The number of thiophene rings is 1. The number of aryl methyl sites for hydroxylation is 1. The van der Waals surface area contributed by atoms with Gasteiger partial charge in [-0.05, 0) is 86.4 Å². The monoisotopic (exact) mass is 515 g/mol. The highest BCUT2D eigenvalue weighted by molar-refractivity contribution is 7.14. The molecule has 1 fully saturated rings. The highest BCUT2D eigenvalue weighted by Crippen LogP contribution is 2.55. The highest BCUT2D eigenvalue weighted by atomic mass is 32.1. The van der Waals surface area contributed by atoms with Crippen LogP contribution in [0.25, 0.3) is 11.1 Å². The van der Waals surface area contributed by atoms with Gasteiger partial charge >= 0.3 is 0 Å². The van der Waals surface area contributed by atoms with Gasteiger partial charge in [0.1, 0.15) is 11.5 Å². The molecule has 2 heterocycles. The van der Waals surface area contributed by atoms with E-state index in [1.807, 2.05) is 32.1 Å². The predicted octanol–water partition coefficient (Wildman–Crippen LogP) is 7.32. The lowest BCUT2D eigenvalue weighted by Crippen LogP contribution is -2.20. The second-order valence-corrected chi connectivity index (χ2v) is 10.9. The predicted molar refractivity (Wildman–Crippen MR) is 150 cm³/mol. The van der Waals surface area contributed by atoms with E-state index in [0.717, 1.165) is 5.57 Å². The molecule has 2 atom stereocenters. The summed E-state index contributed by atoms with van der Waals surface area (Å²) in [7, 11) is 1.66. The molecule has 1 amide bonds. The Morgan fingerprint density at radius 3 is 2.62 bits per heavy atom. The molecule has 37 heavy (non-hydrogen) atoms. The molecule has 1 aromatic carbocycles. The second kappa shape index (κ2) is 9.98. The normalized spacial score (nSPS) is 18.3. The van der Waals surface area contributed by atoms with Gasteiger partial charge in [-0.1, -0.05) is 30.4 Å². The van der Waals surface area contributed by atoms with Gasteiger partial charge in [0.05, 0.1) is 10.6 Å². The summed E-state index contributed by atoms with van der Waals surface area (Å²) in [6.45, 7) is 7.90. The number of carbonyl (C=O) groups is 1. The van der Waals surface area contributed by atoms with Crippen molar-refractivity contribution < 1.29 is 9.18 Å². The molecule has 2 aliphatic rings. The van der Waals surface area contributed by atoms with Crippen molar-refractivity contribution in [2.24, 2.45) is 7.05 Å². The minimum Gasteiger partial charge on any atom is -0.351 e. The van der Waals surface area contributed by atoms with Gasteiger partial charge in [-0.25, -0.2) is 4.39 Å². The van der Waals surface area contributed by atoms with Crippen LogP contribution >= 0.6 is 11.3 Å². The number of allylic oxidation sites excluding steroid dienone is 4. The number of aromatic nitrogens is 1. The Morgan fingerprint density at radius 2 is 1.86 bits per heavy atom. The molecule has 5 nitrogen and oxygen atoms in total. The van der Waals surface area contributed by atoms with Gasteiger partial charge in [0.2, 0.25) is 0 Å². The van der Waals surface area contributed by atoms with E-state index in [1.165, 1.54) is 51.7 Å². The molecule has 0 spiro atoms. The average Bonchev–Trinajstić information content (AvgIpc) is 3.60.